The number of nitrogens with zero attached hydrogens (tertiary/aromatic N) is 1. The van der Waals surface area contributed by atoms with Crippen molar-refractivity contribution in [2.45, 2.75) is 6.42 Å². The molecule has 2 aromatic carbocycles. The van der Waals surface area contributed by atoms with Crippen LogP contribution in [-0.4, -0.2) is 52.1 Å². The zero-order valence-corrected chi connectivity index (χ0v) is 16.3. The Bertz CT molecular complexity index is 815. The van der Waals surface area contributed by atoms with Crippen LogP contribution in [-0.2, 0) is 10.0 Å². The van der Waals surface area contributed by atoms with Crippen LogP contribution in [0.15, 0.2) is 66.1 Å². The van der Waals surface area contributed by atoms with Gasteiger partial charge in [0.2, 0.25) is 10.0 Å². The zero-order chi connectivity index (χ0) is 19.0. The highest BCUT2D eigenvalue weighted by Crippen LogP contribution is 2.09. The van der Waals surface area contributed by atoms with Gasteiger partial charge in [0.05, 0.1) is 39.3 Å². The fourth-order valence-corrected chi connectivity index (χ4v) is 4.34. The average Bonchev–Trinajstić information content (AvgIpc) is 2.72. The third-order valence-corrected chi connectivity index (χ3v) is 6.27. The molecule has 1 aliphatic rings. The van der Waals surface area contributed by atoms with Crippen LogP contribution in [0.5, 0.6) is 5.75 Å². The first kappa shape index (κ1) is 19.6. The van der Waals surface area contributed by atoms with E-state index in [2.05, 4.69) is 0 Å². The predicted molar refractivity (Wildman–Crippen MR) is 108 cm³/mol. The van der Waals surface area contributed by atoms with Gasteiger partial charge in [0.1, 0.15) is 5.75 Å². The molecule has 0 aliphatic carbocycles. The predicted octanol–water partition coefficient (Wildman–Crippen LogP) is 1.66. The van der Waals surface area contributed by atoms with Crippen LogP contribution in [0.3, 0.4) is 0 Å². The Morgan fingerprint density at radius 1 is 0.963 bits per heavy atom. The van der Waals surface area contributed by atoms with Gasteiger partial charge in [-0.1, -0.05) is 48.5 Å². The monoisotopic (exact) mass is 387 g/mol. The lowest BCUT2D eigenvalue weighted by Gasteiger charge is -2.30. The Morgan fingerprint density at radius 2 is 1.59 bits per heavy atom. The van der Waals surface area contributed by atoms with Gasteiger partial charge in [-0.2, -0.15) is 4.31 Å². The molecule has 1 aliphatic heterocycles. The summed E-state index contributed by atoms with van der Waals surface area (Å²) in [5.74, 6) is 0.897. The highest BCUT2D eigenvalue weighted by atomic mass is 32.2. The van der Waals surface area contributed by atoms with E-state index in [0.717, 1.165) is 37.4 Å². The lowest BCUT2D eigenvalue weighted by atomic mass is 10.2. The smallest absolute Gasteiger partial charge is 0.236 e. The molecule has 1 fully saturated rings. The number of para-hydroxylation sites is 1. The Kier molecular flexibility index (Phi) is 7.04. The molecule has 5 nitrogen and oxygen atoms in total. The third kappa shape index (κ3) is 6.20. The second-order valence-electron chi connectivity index (χ2n) is 6.67. The molecular weight excluding hydrogens is 360 g/mol. The van der Waals surface area contributed by atoms with E-state index in [4.69, 9.17) is 4.74 Å². The number of rotatable bonds is 8. The molecule has 0 saturated carbocycles. The van der Waals surface area contributed by atoms with E-state index in [1.54, 1.807) is 10.4 Å². The van der Waals surface area contributed by atoms with E-state index in [9.17, 15) is 8.42 Å². The van der Waals surface area contributed by atoms with Crippen molar-refractivity contribution in [1.29, 1.82) is 0 Å². The summed E-state index contributed by atoms with van der Waals surface area (Å²) in [4.78, 5) is 1.44. The summed E-state index contributed by atoms with van der Waals surface area (Å²) in [6, 6.07) is 19.3. The SMILES string of the molecule is O=S(=O)(/C=C/c1ccccc1)N1CC[NH+](CCCOc2ccccc2)CC1. The molecule has 0 atom stereocenters. The Hall–Kier alpha value is -2.15. The molecule has 27 heavy (non-hydrogen) atoms. The minimum absolute atomic E-state index is 0.566. The van der Waals surface area contributed by atoms with Gasteiger partial charge in [-0.3, -0.25) is 0 Å². The van der Waals surface area contributed by atoms with E-state index < -0.39 is 10.0 Å². The summed E-state index contributed by atoms with van der Waals surface area (Å²) in [5, 5.41) is 1.32. The van der Waals surface area contributed by atoms with E-state index in [1.807, 2.05) is 60.7 Å². The molecule has 0 aromatic heterocycles. The second-order valence-corrected chi connectivity index (χ2v) is 8.49. The van der Waals surface area contributed by atoms with Crippen LogP contribution in [0.1, 0.15) is 12.0 Å². The standard InChI is InChI=1S/C21H26N2O3S/c24-27(25,19-12-20-8-3-1-4-9-20)23-16-14-22(15-17-23)13-7-18-26-21-10-5-2-6-11-21/h1-6,8-12,19H,7,13-18H2/p+1/b19-12+. The Labute approximate surface area is 161 Å². The van der Waals surface area contributed by atoms with Gasteiger partial charge in [-0.25, -0.2) is 8.42 Å². The van der Waals surface area contributed by atoms with Crippen molar-refractivity contribution in [3.8, 4) is 5.75 Å². The molecule has 0 radical (unpaired) electrons. The van der Waals surface area contributed by atoms with E-state index in [0.29, 0.717) is 19.7 Å². The van der Waals surface area contributed by atoms with Crippen molar-refractivity contribution in [1.82, 2.24) is 4.31 Å². The number of ether oxygens (including phenoxy) is 1. The summed E-state index contributed by atoms with van der Waals surface area (Å²) >= 11 is 0. The zero-order valence-electron chi connectivity index (χ0n) is 15.5. The largest absolute Gasteiger partial charge is 0.493 e. The van der Waals surface area contributed by atoms with Gasteiger partial charge in [-0.05, 0) is 23.8 Å². The first-order valence-electron chi connectivity index (χ1n) is 9.38. The molecule has 1 N–H and O–H groups in total. The molecule has 1 saturated heterocycles. The fraction of sp³-hybridized carbons (Fsp3) is 0.333. The van der Waals surface area contributed by atoms with E-state index >= 15 is 0 Å². The number of hydrogen-bond acceptors (Lipinski definition) is 3. The van der Waals surface area contributed by atoms with Crippen LogP contribution >= 0.6 is 0 Å². The summed E-state index contributed by atoms with van der Waals surface area (Å²) in [6.45, 7) is 4.50. The molecule has 0 unspecified atom stereocenters. The number of nitrogens with one attached hydrogen (secondary N) is 1. The van der Waals surface area contributed by atoms with Gasteiger partial charge in [0, 0.05) is 11.8 Å². The molecule has 0 bridgehead atoms. The van der Waals surface area contributed by atoms with Gasteiger partial charge in [-0.15, -0.1) is 0 Å². The van der Waals surface area contributed by atoms with Gasteiger partial charge >= 0.3 is 0 Å². The number of benzene rings is 2. The molecule has 3 rings (SSSR count). The molecular formula is C21H27N2O3S+. The normalized spacial score (nSPS) is 16.6. The number of quaternary nitrogens is 1. The topological polar surface area (TPSA) is 51.0 Å². The quantitative estimate of drug-likeness (QED) is 0.701. The number of piperazine rings is 1. The second kappa shape index (κ2) is 9.69. The summed E-state index contributed by atoms with van der Waals surface area (Å²) in [5.41, 5.74) is 0.892. The minimum atomic E-state index is -3.35. The maximum absolute atomic E-state index is 12.5. The highest BCUT2D eigenvalue weighted by molar-refractivity contribution is 7.92. The van der Waals surface area contributed by atoms with E-state index in [-0.39, 0.29) is 0 Å². The lowest BCUT2D eigenvalue weighted by molar-refractivity contribution is -0.903. The van der Waals surface area contributed by atoms with Crippen molar-refractivity contribution in [3.63, 3.8) is 0 Å². The molecule has 6 heteroatoms. The van der Waals surface area contributed by atoms with Gasteiger partial charge in [0.15, 0.2) is 0 Å². The lowest BCUT2D eigenvalue weighted by Crippen LogP contribution is -3.14. The maximum atomic E-state index is 12.5. The number of hydrogen-bond donors (Lipinski definition) is 1. The molecule has 0 amide bonds. The molecule has 144 valence electrons. The van der Waals surface area contributed by atoms with Crippen LogP contribution in [0.2, 0.25) is 0 Å². The third-order valence-electron chi connectivity index (χ3n) is 4.71. The average molecular weight is 388 g/mol. The first-order chi connectivity index (χ1) is 13.1. The highest BCUT2D eigenvalue weighted by Gasteiger charge is 2.27. The summed E-state index contributed by atoms with van der Waals surface area (Å²) in [6.07, 6.45) is 2.63. The molecule has 0 spiro atoms. The summed E-state index contributed by atoms with van der Waals surface area (Å²) in [7, 11) is -3.35. The van der Waals surface area contributed by atoms with Crippen molar-refractivity contribution < 1.29 is 18.1 Å². The Balaban J connectivity index is 1.39. The van der Waals surface area contributed by atoms with Crippen LogP contribution < -0.4 is 9.64 Å². The van der Waals surface area contributed by atoms with Crippen molar-refractivity contribution in [2.75, 3.05) is 39.3 Å². The Morgan fingerprint density at radius 3 is 2.26 bits per heavy atom. The molecule has 2 aromatic rings. The van der Waals surface area contributed by atoms with Gasteiger partial charge < -0.3 is 9.64 Å². The van der Waals surface area contributed by atoms with Crippen molar-refractivity contribution in [2.24, 2.45) is 0 Å². The van der Waals surface area contributed by atoms with E-state index in [1.165, 1.54) is 10.3 Å². The van der Waals surface area contributed by atoms with Crippen LogP contribution in [0.4, 0.5) is 0 Å². The summed E-state index contributed by atoms with van der Waals surface area (Å²) < 4.78 is 32.3. The number of sulfonamides is 1. The minimum Gasteiger partial charge on any atom is -0.493 e. The van der Waals surface area contributed by atoms with Crippen LogP contribution in [0.25, 0.3) is 6.08 Å². The van der Waals surface area contributed by atoms with Crippen molar-refractivity contribution >= 4 is 16.1 Å². The molecule has 1 heterocycles. The van der Waals surface area contributed by atoms with Gasteiger partial charge in [0.25, 0.3) is 0 Å². The fourth-order valence-electron chi connectivity index (χ4n) is 3.15. The first-order valence-corrected chi connectivity index (χ1v) is 10.9. The van der Waals surface area contributed by atoms with Crippen molar-refractivity contribution in [3.05, 3.63) is 71.6 Å². The van der Waals surface area contributed by atoms with Crippen LogP contribution in [0, 0.1) is 0 Å². The maximum Gasteiger partial charge on any atom is 0.236 e.